The minimum Gasteiger partial charge on any atom is -0.497 e. The standard InChI is InChI=1S/C48H54BrN4O9P/c1-31(2)53(32(3)4)63(59-27-11-26-50)62-43-41(61-47(34-14-20-38(49)21-15-34)28-42(60-44(43)47)52-29-33(5)45(54)51-46(52)55)30-58-48(35-12-9-8-10-13-35,36-16-22-39(56-6)23-17-36)37-18-24-40(57-7)25-19-37/h8-10,12-25,29,31-32,41-44H,11,27-28,30H2,1-7H3,(H,51,54,55)/t41-,42+,43-,44-,47+,63?/m1/s1. The number of fused-ring (bicyclic) bond motifs is 1. The van der Waals surface area contributed by atoms with Gasteiger partial charge >= 0.3 is 5.69 Å². The second kappa shape index (κ2) is 20.0. The van der Waals surface area contributed by atoms with Crippen LogP contribution < -0.4 is 20.7 Å². The van der Waals surface area contributed by atoms with Crippen LogP contribution >= 0.6 is 24.5 Å². The Balaban J connectivity index is 1.40. The van der Waals surface area contributed by atoms with E-state index in [4.69, 9.17) is 32.7 Å². The van der Waals surface area contributed by atoms with Crippen molar-refractivity contribution < 1.29 is 32.7 Å². The number of rotatable bonds is 18. The summed E-state index contributed by atoms with van der Waals surface area (Å²) in [6.45, 7) is 10.1. The molecule has 332 valence electrons. The zero-order chi connectivity index (χ0) is 44.9. The largest absolute Gasteiger partial charge is 0.497 e. The van der Waals surface area contributed by atoms with Crippen molar-refractivity contribution >= 4 is 24.5 Å². The number of benzene rings is 4. The summed E-state index contributed by atoms with van der Waals surface area (Å²) in [6, 6.07) is 35.7. The molecule has 5 aromatic rings. The number of nitrogens with one attached hydrogen (secondary N) is 1. The average Bonchev–Trinajstić information content (AvgIpc) is 3.80. The molecule has 0 aliphatic carbocycles. The van der Waals surface area contributed by atoms with Gasteiger partial charge in [0.05, 0.1) is 39.9 Å². The molecule has 2 aliphatic heterocycles. The molecule has 13 nitrogen and oxygen atoms in total. The maximum atomic E-state index is 13.5. The molecule has 0 radical (unpaired) electrons. The van der Waals surface area contributed by atoms with Gasteiger partial charge < -0.3 is 32.7 Å². The predicted molar refractivity (Wildman–Crippen MR) is 244 cm³/mol. The van der Waals surface area contributed by atoms with E-state index >= 15 is 0 Å². The van der Waals surface area contributed by atoms with Gasteiger partial charge in [-0.2, -0.15) is 5.26 Å². The highest BCUT2D eigenvalue weighted by Gasteiger charge is 2.64. The summed E-state index contributed by atoms with van der Waals surface area (Å²) in [6.07, 6.45) is -1.38. The molecule has 0 saturated carbocycles. The minimum atomic E-state index is -1.82. The summed E-state index contributed by atoms with van der Waals surface area (Å²) in [5.74, 6) is 1.39. The van der Waals surface area contributed by atoms with Crippen molar-refractivity contribution in [3.63, 3.8) is 0 Å². The van der Waals surface area contributed by atoms with E-state index in [2.05, 4.69) is 59.3 Å². The Bertz CT molecular complexity index is 2410. The maximum absolute atomic E-state index is 13.5. The van der Waals surface area contributed by atoms with E-state index in [0.717, 1.165) is 26.7 Å². The van der Waals surface area contributed by atoms with E-state index in [1.807, 2.05) is 103 Å². The molecule has 2 fully saturated rings. The SMILES string of the molecule is COc1ccc(C(OC[C@H]2O[C@]3(c4ccc(Br)cc4)C[C@@H](n4cc(C)c(=O)[nH]c4=O)O[C@@H]3[C@@H]2OP(OCCC#N)N(C(C)C)C(C)C)(c2ccccc2)c2ccc(OC)cc2)cc1. The van der Waals surface area contributed by atoms with Gasteiger partial charge in [0, 0.05) is 34.7 Å². The van der Waals surface area contributed by atoms with Gasteiger partial charge in [-0.3, -0.25) is 14.3 Å². The molecule has 6 atom stereocenters. The zero-order valence-electron chi connectivity index (χ0n) is 36.5. The molecule has 4 aromatic carbocycles. The van der Waals surface area contributed by atoms with Crippen molar-refractivity contribution in [2.45, 2.75) is 95.3 Å². The number of nitriles is 1. The fourth-order valence-corrected chi connectivity index (χ4v) is 10.7. The third-order valence-corrected chi connectivity index (χ3v) is 14.2. The molecule has 2 saturated heterocycles. The van der Waals surface area contributed by atoms with E-state index in [9.17, 15) is 14.9 Å². The van der Waals surface area contributed by atoms with Crippen LogP contribution in [0.25, 0.3) is 0 Å². The molecular formula is C48H54BrN4O9P. The molecule has 0 bridgehead atoms. The fraction of sp³-hybridized carbons (Fsp3) is 0.396. The third kappa shape index (κ3) is 9.44. The molecule has 15 heteroatoms. The number of H-pyrrole nitrogens is 1. The minimum absolute atomic E-state index is 0.00210. The van der Waals surface area contributed by atoms with Crippen LogP contribution in [0.5, 0.6) is 11.5 Å². The highest BCUT2D eigenvalue weighted by atomic mass is 79.9. The molecular weight excluding hydrogens is 887 g/mol. The van der Waals surface area contributed by atoms with Gasteiger partial charge in [0.1, 0.15) is 47.2 Å². The Morgan fingerprint density at radius 1 is 0.905 bits per heavy atom. The third-order valence-electron chi connectivity index (χ3n) is 11.6. The lowest BCUT2D eigenvalue weighted by Gasteiger charge is -2.39. The summed E-state index contributed by atoms with van der Waals surface area (Å²) < 4.78 is 51.3. The first-order valence-corrected chi connectivity index (χ1v) is 22.9. The molecule has 1 aromatic heterocycles. The molecule has 1 unspecified atom stereocenters. The number of methoxy groups -OCH3 is 2. The second-order valence-corrected chi connectivity index (χ2v) is 18.5. The van der Waals surface area contributed by atoms with Crippen LogP contribution in [-0.2, 0) is 34.5 Å². The van der Waals surface area contributed by atoms with Gasteiger partial charge in [0.25, 0.3) is 14.1 Å². The molecule has 0 spiro atoms. The number of aromatic amines is 1. The van der Waals surface area contributed by atoms with E-state index in [-0.39, 0.29) is 38.1 Å². The second-order valence-electron chi connectivity index (χ2n) is 16.2. The normalized spacial score (nSPS) is 21.4. The van der Waals surface area contributed by atoms with Crippen molar-refractivity contribution in [2.75, 3.05) is 27.4 Å². The van der Waals surface area contributed by atoms with Crippen LogP contribution in [0.15, 0.2) is 123 Å². The monoisotopic (exact) mass is 940 g/mol. The maximum Gasteiger partial charge on any atom is 0.330 e. The van der Waals surface area contributed by atoms with Crippen LogP contribution in [0.2, 0.25) is 0 Å². The molecule has 2 aliphatic rings. The average molecular weight is 942 g/mol. The first-order chi connectivity index (χ1) is 30.3. The van der Waals surface area contributed by atoms with E-state index in [0.29, 0.717) is 17.1 Å². The van der Waals surface area contributed by atoms with Crippen LogP contribution in [0.4, 0.5) is 0 Å². The molecule has 1 N–H and O–H groups in total. The Kier molecular flexibility index (Phi) is 14.7. The number of hydrogen-bond donors (Lipinski definition) is 1. The van der Waals surface area contributed by atoms with Crippen molar-refractivity contribution in [3.05, 3.63) is 162 Å². The Morgan fingerprint density at radius 3 is 2.05 bits per heavy atom. The van der Waals surface area contributed by atoms with Gasteiger partial charge in [-0.15, -0.1) is 0 Å². The van der Waals surface area contributed by atoms with E-state index in [1.165, 1.54) is 10.8 Å². The van der Waals surface area contributed by atoms with Crippen molar-refractivity contribution in [3.8, 4) is 17.6 Å². The summed E-state index contributed by atoms with van der Waals surface area (Å²) in [5.41, 5.74) is 0.306. The van der Waals surface area contributed by atoms with Gasteiger partial charge in [0.2, 0.25) is 0 Å². The number of halogens is 1. The lowest BCUT2D eigenvalue weighted by Crippen LogP contribution is -2.43. The molecule has 0 amide bonds. The van der Waals surface area contributed by atoms with Crippen LogP contribution in [-0.4, -0.2) is 72.1 Å². The summed E-state index contributed by atoms with van der Waals surface area (Å²) >= 11 is 3.60. The number of aryl methyl sites for hydroxylation is 1. The van der Waals surface area contributed by atoms with Crippen LogP contribution in [0.1, 0.15) is 74.6 Å². The summed E-state index contributed by atoms with van der Waals surface area (Å²) in [4.78, 5) is 28.4. The highest BCUT2D eigenvalue weighted by Crippen LogP contribution is 2.58. The van der Waals surface area contributed by atoms with Crippen LogP contribution in [0, 0.1) is 18.3 Å². The smallest absolute Gasteiger partial charge is 0.330 e. The lowest BCUT2D eigenvalue weighted by molar-refractivity contribution is -0.114. The number of aromatic nitrogens is 2. The summed E-state index contributed by atoms with van der Waals surface area (Å²) in [5, 5.41) is 9.55. The summed E-state index contributed by atoms with van der Waals surface area (Å²) in [7, 11) is 1.45. The first-order valence-electron chi connectivity index (χ1n) is 21.0. The number of nitrogens with zero attached hydrogens (tertiary/aromatic N) is 3. The van der Waals surface area contributed by atoms with E-state index < -0.39 is 55.5 Å². The number of ether oxygens (including phenoxy) is 5. The Hall–Kier alpha value is -4.68. The van der Waals surface area contributed by atoms with Crippen molar-refractivity contribution in [1.82, 2.24) is 14.2 Å². The Morgan fingerprint density at radius 2 is 1.49 bits per heavy atom. The zero-order valence-corrected chi connectivity index (χ0v) is 39.0. The molecule has 3 heterocycles. The predicted octanol–water partition coefficient (Wildman–Crippen LogP) is 8.88. The lowest BCUT2D eigenvalue weighted by atomic mass is 9.80. The Labute approximate surface area is 377 Å². The number of hydrogen-bond acceptors (Lipinski definition) is 11. The first kappa shape index (κ1) is 46.3. The van der Waals surface area contributed by atoms with Gasteiger partial charge in [0.15, 0.2) is 0 Å². The van der Waals surface area contributed by atoms with E-state index in [1.54, 1.807) is 21.1 Å². The van der Waals surface area contributed by atoms with Crippen molar-refractivity contribution in [2.24, 2.45) is 0 Å². The topological polar surface area (TPSA) is 147 Å². The van der Waals surface area contributed by atoms with Gasteiger partial charge in [-0.05, 0) is 93.3 Å². The quantitative estimate of drug-likeness (QED) is 0.0511. The van der Waals surface area contributed by atoms with Gasteiger partial charge in [-0.1, -0.05) is 82.7 Å². The van der Waals surface area contributed by atoms with Crippen molar-refractivity contribution in [1.29, 1.82) is 5.26 Å². The molecule has 7 rings (SSSR count). The van der Waals surface area contributed by atoms with Gasteiger partial charge in [-0.25, -0.2) is 9.46 Å². The van der Waals surface area contributed by atoms with Crippen LogP contribution in [0.3, 0.4) is 0 Å². The highest BCUT2D eigenvalue weighted by molar-refractivity contribution is 9.10. The molecule has 63 heavy (non-hydrogen) atoms. The fourth-order valence-electron chi connectivity index (χ4n) is 8.67.